The zero-order valence-corrected chi connectivity index (χ0v) is 13.5. The highest BCUT2D eigenvalue weighted by Crippen LogP contribution is 2.17. The van der Waals surface area contributed by atoms with Gasteiger partial charge in [-0.25, -0.2) is 9.18 Å². The molecule has 1 atom stereocenters. The summed E-state index contributed by atoms with van der Waals surface area (Å²) >= 11 is 0. The maximum Gasteiger partial charge on any atom is 0.317 e. The maximum atomic E-state index is 13.8. The number of nitrogens with zero attached hydrogens (tertiary/aromatic N) is 3. The van der Waals surface area contributed by atoms with E-state index in [0.29, 0.717) is 18.7 Å². The number of pyridine rings is 1. The average Bonchev–Trinajstić information content (AvgIpc) is 3.09. The first kappa shape index (κ1) is 16.7. The van der Waals surface area contributed by atoms with Crippen molar-refractivity contribution in [3.05, 3.63) is 59.7 Å². The van der Waals surface area contributed by atoms with Crippen molar-refractivity contribution in [2.24, 2.45) is 0 Å². The van der Waals surface area contributed by atoms with Gasteiger partial charge in [0.2, 0.25) is 0 Å². The molecule has 1 aliphatic rings. The number of ether oxygens (including phenoxy) is 1. The SMILES string of the molecule is N#Cc1ccc(CNC(=O)N2CC[C@@H](Oc3ccncc3)C2)c(F)c1. The molecule has 1 saturated heterocycles. The van der Waals surface area contributed by atoms with E-state index in [2.05, 4.69) is 10.3 Å². The number of likely N-dealkylation sites (tertiary alicyclic amines) is 1. The zero-order valence-electron chi connectivity index (χ0n) is 13.5. The molecule has 2 amide bonds. The number of carbonyl (C=O) groups is 1. The van der Waals surface area contributed by atoms with Crippen molar-refractivity contribution in [2.75, 3.05) is 13.1 Å². The molecule has 128 valence electrons. The lowest BCUT2D eigenvalue weighted by molar-refractivity contribution is 0.186. The monoisotopic (exact) mass is 340 g/mol. The average molecular weight is 340 g/mol. The summed E-state index contributed by atoms with van der Waals surface area (Å²) in [6.45, 7) is 1.13. The first-order valence-electron chi connectivity index (χ1n) is 7.93. The van der Waals surface area contributed by atoms with Crippen molar-refractivity contribution >= 4 is 6.03 Å². The van der Waals surface area contributed by atoms with Crippen LogP contribution < -0.4 is 10.1 Å². The van der Waals surface area contributed by atoms with Crippen molar-refractivity contribution in [1.82, 2.24) is 15.2 Å². The van der Waals surface area contributed by atoms with Crippen LogP contribution in [0.2, 0.25) is 0 Å². The second kappa shape index (κ2) is 7.62. The fourth-order valence-corrected chi connectivity index (χ4v) is 2.66. The van der Waals surface area contributed by atoms with Gasteiger partial charge < -0.3 is 15.0 Å². The van der Waals surface area contributed by atoms with Crippen LogP contribution in [0.25, 0.3) is 0 Å². The largest absolute Gasteiger partial charge is 0.488 e. The van der Waals surface area contributed by atoms with E-state index in [4.69, 9.17) is 10.00 Å². The van der Waals surface area contributed by atoms with Gasteiger partial charge in [-0.3, -0.25) is 4.98 Å². The van der Waals surface area contributed by atoms with E-state index in [1.54, 1.807) is 29.4 Å². The van der Waals surface area contributed by atoms with Gasteiger partial charge in [-0.15, -0.1) is 0 Å². The first-order chi connectivity index (χ1) is 12.2. The molecule has 1 fully saturated rings. The highest BCUT2D eigenvalue weighted by Gasteiger charge is 2.27. The van der Waals surface area contributed by atoms with Gasteiger partial charge in [-0.2, -0.15) is 5.26 Å². The summed E-state index contributed by atoms with van der Waals surface area (Å²) < 4.78 is 19.6. The van der Waals surface area contributed by atoms with E-state index in [9.17, 15) is 9.18 Å². The second-order valence-electron chi connectivity index (χ2n) is 5.73. The molecule has 2 heterocycles. The third-order valence-corrected chi connectivity index (χ3v) is 4.00. The normalized spacial score (nSPS) is 16.3. The number of benzene rings is 1. The molecule has 1 N–H and O–H groups in total. The lowest BCUT2D eigenvalue weighted by atomic mass is 10.1. The highest BCUT2D eigenvalue weighted by atomic mass is 19.1. The molecule has 25 heavy (non-hydrogen) atoms. The smallest absolute Gasteiger partial charge is 0.317 e. The number of urea groups is 1. The standard InChI is InChI=1S/C18H17FN4O2/c19-17-9-13(10-20)1-2-14(17)11-22-18(24)23-8-5-16(12-23)25-15-3-6-21-7-4-15/h1-4,6-7,9,16H,5,8,11-12H2,(H,22,24)/t16-/m1/s1. The molecule has 7 heteroatoms. The molecule has 1 aliphatic heterocycles. The Hall–Kier alpha value is -3.14. The third-order valence-electron chi connectivity index (χ3n) is 4.00. The van der Waals surface area contributed by atoms with Crippen molar-refractivity contribution in [1.29, 1.82) is 5.26 Å². The van der Waals surface area contributed by atoms with Gasteiger partial charge in [-0.1, -0.05) is 6.07 Å². The third kappa shape index (κ3) is 4.23. The number of rotatable bonds is 4. The van der Waals surface area contributed by atoms with E-state index in [0.717, 1.165) is 18.2 Å². The van der Waals surface area contributed by atoms with E-state index < -0.39 is 5.82 Å². The Morgan fingerprint density at radius 2 is 2.20 bits per heavy atom. The van der Waals surface area contributed by atoms with Gasteiger partial charge in [0.15, 0.2) is 0 Å². The summed E-state index contributed by atoms with van der Waals surface area (Å²) in [6.07, 6.45) is 3.97. The Morgan fingerprint density at radius 1 is 1.40 bits per heavy atom. The number of halogens is 1. The van der Waals surface area contributed by atoms with E-state index in [-0.39, 0.29) is 24.2 Å². The molecule has 3 rings (SSSR count). The van der Waals surface area contributed by atoms with Crippen molar-refractivity contribution in [2.45, 2.75) is 19.1 Å². The van der Waals surface area contributed by atoms with Crippen molar-refractivity contribution in [3.8, 4) is 11.8 Å². The summed E-state index contributed by atoms with van der Waals surface area (Å²) in [5, 5.41) is 11.4. The number of aromatic nitrogens is 1. The summed E-state index contributed by atoms with van der Waals surface area (Å²) in [7, 11) is 0. The van der Waals surface area contributed by atoms with Gasteiger partial charge in [-0.05, 0) is 24.3 Å². The predicted octanol–water partition coefficient (Wildman–Crippen LogP) is 2.46. The van der Waals surface area contributed by atoms with Crippen LogP contribution in [-0.4, -0.2) is 35.1 Å². The fraction of sp³-hybridized carbons (Fsp3) is 0.278. The number of amides is 2. The molecular weight excluding hydrogens is 323 g/mol. The van der Waals surface area contributed by atoms with Crippen molar-refractivity contribution < 1.29 is 13.9 Å². The number of hydrogen-bond acceptors (Lipinski definition) is 4. The number of carbonyl (C=O) groups excluding carboxylic acids is 1. The maximum absolute atomic E-state index is 13.8. The molecule has 2 aromatic rings. The van der Waals surface area contributed by atoms with Crippen LogP contribution in [0.15, 0.2) is 42.7 Å². The second-order valence-corrected chi connectivity index (χ2v) is 5.73. The van der Waals surface area contributed by atoms with Crippen LogP contribution in [0.5, 0.6) is 5.75 Å². The molecule has 0 radical (unpaired) electrons. The molecular formula is C18H17FN4O2. The Labute approximate surface area is 144 Å². The first-order valence-corrected chi connectivity index (χ1v) is 7.93. The Kier molecular flexibility index (Phi) is 5.09. The lowest BCUT2D eigenvalue weighted by Gasteiger charge is -2.18. The summed E-state index contributed by atoms with van der Waals surface area (Å²) in [5.41, 5.74) is 0.597. The van der Waals surface area contributed by atoms with Gasteiger partial charge in [0, 0.05) is 37.5 Å². The van der Waals surface area contributed by atoms with Crippen LogP contribution >= 0.6 is 0 Å². The summed E-state index contributed by atoms with van der Waals surface area (Å²) in [6, 6.07) is 9.36. The Morgan fingerprint density at radius 3 is 2.92 bits per heavy atom. The van der Waals surface area contributed by atoms with Gasteiger partial charge in [0.1, 0.15) is 17.7 Å². The summed E-state index contributed by atoms with van der Waals surface area (Å²) in [4.78, 5) is 17.8. The van der Waals surface area contributed by atoms with E-state index in [1.807, 2.05) is 6.07 Å². The molecule has 0 saturated carbocycles. The predicted molar refractivity (Wildman–Crippen MR) is 88.2 cm³/mol. The highest BCUT2D eigenvalue weighted by molar-refractivity contribution is 5.74. The van der Waals surface area contributed by atoms with Gasteiger partial charge >= 0.3 is 6.03 Å². The molecule has 0 unspecified atom stereocenters. The topological polar surface area (TPSA) is 78.2 Å². The lowest BCUT2D eigenvalue weighted by Crippen LogP contribution is -2.39. The summed E-state index contributed by atoms with van der Waals surface area (Å²) in [5.74, 6) is 0.224. The Bertz CT molecular complexity index is 791. The number of nitriles is 1. The van der Waals surface area contributed by atoms with Gasteiger partial charge in [0.25, 0.3) is 0 Å². The minimum atomic E-state index is -0.500. The molecule has 6 nitrogen and oxygen atoms in total. The van der Waals surface area contributed by atoms with Crippen LogP contribution in [0.3, 0.4) is 0 Å². The number of hydrogen-bond donors (Lipinski definition) is 1. The molecule has 0 spiro atoms. The molecule has 0 bridgehead atoms. The molecule has 1 aromatic carbocycles. The number of nitrogens with one attached hydrogen (secondary N) is 1. The van der Waals surface area contributed by atoms with Crippen LogP contribution in [0, 0.1) is 17.1 Å². The fourth-order valence-electron chi connectivity index (χ4n) is 2.66. The van der Waals surface area contributed by atoms with Crippen LogP contribution in [0.1, 0.15) is 17.5 Å². The van der Waals surface area contributed by atoms with Crippen molar-refractivity contribution in [3.63, 3.8) is 0 Å². The van der Waals surface area contributed by atoms with Crippen LogP contribution in [-0.2, 0) is 6.54 Å². The van der Waals surface area contributed by atoms with Crippen LogP contribution in [0.4, 0.5) is 9.18 Å². The zero-order chi connectivity index (χ0) is 17.6. The molecule has 0 aliphatic carbocycles. The van der Waals surface area contributed by atoms with Gasteiger partial charge in [0.05, 0.1) is 18.2 Å². The molecule has 1 aromatic heterocycles. The quantitative estimate of drug-likeness (QED) is 0.927. The van der Waals surface area contributed by atoms with E-state index >= 15 is 0 Å². The Balaban J connectivity index is 1.50. The van der Waals surface area contributed by atoms with E-state index in [1.165, 1.54) is 12.1 Å². The minimum absolute atomic E-state index is 0.0696. The minimum Gasteiger partial charge on any atom is -0.488 e.